The second-order valence-corrected chi connectivity index (χ2v) is 10.1. The number of nitrogens with zero attached hydrogens (tertiary/aromatic N) is 5. The van der Waals surface area contributed by atoms with Gasteiger partial charge in [0.1, 0.15) is 5.65 Å². The van der Waals surface area contributed by atoms with Gasteiger partial charge in [0.25, 0.3) is 0 Å². The van der Waals surface area contributed by atoms with Gasteiger partial charge < -0.3 is 14.1 Å². The van der Waals surface area contributed by atoms with Gasteiger partial charge in [0.15, 0.2) is 0 Å². The quantitative estimate of drug-likeness (QED) is 0.173. The molecule has 0 amide bonds. The van der Waals surface area contributed by atoms with Gasteiger partial charge in [-0.25, -0.2) is 4.98 Å². The fourth-order valence-electron chi connectivity index (χ4n) is 5.64. The zero-order valence-electron chi connectivity index (χ0n) is 22.6. The minimum atomic E-state index is 0. The van der Waals surface area contributed by atoms with E-state index in [0.717, 1.165) is 66.9 Å². The average Bonchev–Trinajstić information content (AvgIpc) is 3.55. The molecule has 0 atom stereocenters. The Morgan fingerprint density at radius 1 is 0.643 bits per heavy atom. The van der Waals surface area contributed by atoms with Gasteiger partial charge in [0, 0.05) is 19.4 Å². The van der Waals surface area contributed by atoms with Crippen LogP contribution in [0.25, 0.3) is 72.4 Å². The Bertz CT molecular complexity index is 2220. The fourth-order valence-corrected chi connectivity index (χ4v) is 5.64. The standard InChI is InChI=1S/C36H23N5.Pt/c1-40-33-18-16-25(24-9-3-2-4-10-24)22-32(33)39-35(40)27-15-17-29-30-13-8-20-38-36(30)41(34(29)23-27)28-12-7-11-26(21-28)31-14-5-6-19-37-31;/h2-20,22H,1H3;/q-2;+2. The number of fused-ring (bicyclic) bond motifs is 4. The molecule has 8 rings (SSSR count). The molecule has 4 heterocycles. The van der Waals surface area contributed by atoms with Gasteiger partial charge >= 0.3 is 21.1 Å². The molecule has 0 aliphatic rings. The van der Waals surface area contributed by atoms with E-state index in [1.54, 1.807) is 6.20 Å². The third kappa shape index (κ3) is 4.25. The SMILES string of the molecule is Cn1c(-c2[c-]c3c(cc2)c2cccnc2n3-c2[c-]c(-c3ccccn3)ccc2)nc2cc(-c3ccccc3)ccc21.[Pt+2]. The maximum atomic E-state index is 5.08. The van der Waals surface area contributed by atoms with Crippen molar-refractivity contribution in [3.8, 4) is 39.5 Å². The van der Waals surface area contributed by atoms with E-state index in [9.17, 15) is 0 Å². The summed E-state index contributed by atoms with van der Waals surface area (Å²) in [5, 5.41) is 2.15. The monoisotopic (exact) mass is 720 g/mol. The van der Waals surface area contributed by atoms with Crippen molar-refractivity contribution >= 4 is 33.0 Å². The van der Waals surface area contributed by atoms with Crippen LogP contribution in [0, 0.1) is 12.1 Å². The van der Waals surface area contributed by atoms with Crippen LogP contribution in [0.5, 0.6) is 0 Å². The maximum Gasteiger partial charge on any atom is 2.00 e. The van der Waals surface area contributed by atoms with Crippen molar-refractivity contribution in [2.45, 2.75) is 0 Å². The van der Waals surface area contributed by atoms with Gasteiger partial charge in [-0.1, -0.05) is 60.0 Å². The van der Waals surface area contributed by atoms with Gasteiger partial charge in [0.2, 0.25) is 0 Å². The first-order valence-corrected chi connectivity index (χ1v) is 13.5. The summed E-state index contributed by atoms with van der Waals surface area (Å²) in [6.07, 6.45) is 3.63. The van der Waals surface area contributed by atoms with Crippen molar-refractivity contribution in [3.63, 3.8) is 0 Å². The van der Waals surface area contributed by atoms with Crippen LogP contribution in [0.1, 0.15) is 0 Å². The minimum absolute atomic E-state index is 0. The van der Waals surface area contributed by atoms with Crippen LogP contribution in [0.2, 0.25) is 0 Å². The Balaban J connectivity index is 0.00000288. The third-order valence-electron chi connectivity index (χ3n) is 7.63. The molecule has 0 aliphatic heterocycles. The molecule has 0 radical (unpaired) electrons. The fraction of sp³-hybridized carbons (Fsp3) is 0.0278. The molecule has 0 N–H and O–H groups in total. The minimum Gasteiger partial charge on any atom is -0.367 e. The van der Waals surface area contributed by atoms with Crippen LogP contribution in [0.15, 0.2) is 122 Å². The van der Waals surface area contributed by atoms with E-state index < -0.39 is 0 Å². The van der Waals surface area contributed by atoms with E-state index in [1.165, 1.54) is 5.56 Å². The van der Waals surface area contributed by atoms with Crippen LogP contribution in [-0.2, 0) is 28.1 Å². The Morgan fingerprint density at radius 2 is 1.50 bits per heavy atom. The van der Waals surface area contributed by atoms with Gasteiger partial charge in [-0.15, -0.1) is 53.6 Å². The topological polar surface area (TPSA) is 48.5 Å². The summed E-state index contributed by atoms with van der Waals surface area (Å²) >= 11 is 0. The third-order valence-corrected chi connectivity index (χ3v) is 7.63. The molecule has 0 unspecified atom stereocenters. The van der Waals surface area contributed by atoms with Crippen LogP contribution in [0.3, 0.4) is 0 Å². The summed E-state index contributed by atoms with van der Waals surface area (Å²) in [5.74, 6) is 0.864. The molecule has 4 aromatic heterocycles. The molecule has 0 bridgehead atoms. The van der Waals surface area contributed by atoms with E-state index in [-0.39, 0.29) is 21.1 Å². The molecule has 0 saturated carbocycles. The Morgan fingerprint density at radius 3 is 2.36 bits per heavy atom. The second-order valence-electron chi connectivity index (χ2n) is 10.1. The van der Waals surface area contributed by atoms with Crippen molar-refractivity contribution in [2.24, 2.45) is 7.05 Å². The summed E-state index contributed by atoms with van der Waals surface area (Å²) in [6.45, 7) is 0. The van der Waals surface area contributed by atoms with Crippen LogP contribution in [0.4, 0.5) is 0 Å². The number of aryl methyl sites for hydroxylation is 1. The Kier molecular flexibility index (Phi) is 6.53. The molecular weight excluding hydrogens is 698 g/mol. The zero-order chi connectivity index (χ0) is 27.3. The Hall–Kier alpha value is -4.86. The first kappa shape index (κ1) is 26.1. The van der Waals surface area contributed by atoms with Crippen molar-refractivity contribution in [1.29, 1.82) is 0 Å². The smallest absolute Gasteiger partial charge is 0.367 e. The Labute approximate surface area is 257 Å². The molecular formula is C36H23N5Pt. The molecule has 4 aromatic carbocycles. The average molecular weight is 721 g/mol. The van der Waals surface area contributed by atoms with E-state index in [1.807, 2.05) is 48.7 Å². The largest absolute Gasteiger partial charge is 2.00 e. The number of rotatable bonds is 4. The predicted octanol–water partition coefficient (Wildman–Crippen LogP) is 8.06. The predicted molar refractivity (Wildman–Crippen MR) is 165 cm³/mol. The number of imidazole rings is 1. The van der Waals surface area contributed by atoms with Gasteiger partial charge in [-0.05, 0) is 57.7 Å². The van der Waals surface area contributed by atoms with Crippen molar-refractivity contribution in [1.82, 2.24) is 24.1 Å². The van der Waals surface area contributed by atoms with E-state index in [2.05, 4.69) is 100 Å². The van der Waals surface area contributed by atoms with Crippen molar-refractivity contribution in [2.75, 3.05) is 0 Å². The molecule has 5 nitrogen and oxygen atoms in total. The van der Waals surface area contributed by atoms with Gasteiger partial charge in [-0.2, -0.15) is 0 Å². The summed E-state index contributed by atoms with van der Waals surface area (Å²) in [7, 11) is 2.06. The molecule has 42 heavy (non-hydrogen) atoms. The number of aromatic nitrogens is 5. The maximum absolute atomic E-state index is 5.08. The van der Waals surface area contributed by atoms with Crippen LogP contribution in [-0.4, -0.2) is 24.1 Å². The number of pyridine rings is 2. The molecule has 8 aromatic rings. The first-order valence-electron chi connectivity index (χ1n) is 13.5. The van der Waals surface area contributed by atoms with E-state index in [4.69, 9.17) is 9.97 Å². The van der Waals surface area contributed by atoms with Crippen LogP contribution < -0.4 is 0 Å². The van der Waals surface area contributed by atoms with E-state index in [0.29, 0.717) is 0 Å². The molecule has 6 heteroatoms. The van der Waals surface area contributed by atoms with E-state index >= 15 is 0 Å². The van der Waals surface area contributed by atoms with Gasteiger partial charge in [-0.3, -0.25) is 4.98 Å². The summed E-state index contributed by atoms with van der Waals surface area (Å²) in [4.78, 5) is 14.4. The summed E-state index contributed by atoms with van der Waals surface area (Å²) in [6, 6.07) is 44.5. The summed E-state index contributed by atoms with van der Waals surface area (Å²) in [5.41, 5.74) is 9.76. The molecule has 202 valence electrons. The first-order chi connectivity index (χ1) is 20.2. The number of benzene rings is 4. The molecule has 0 aliphatic carbocycles. The number of hydrogen-bond donors (Lipinski definition) is 0. The number of hydrogen-bond acceptors (Lipinski definition) is 3. The molecule has 0 spiro atoms. The second kappa shape index (κ2) is 10.5. The molecule has 0 saturated heterocycles. The summed E-state index contributed by atoms with van der Waals surface area (Å²) < 4.78 is 4.28. The molecule has 0 fully saturated rings. The van der Waals surface area contributed by atoms with Crippen LogP contribution >= 0.6 is 0 Å². The van der Waals surface area contributed by atoms with Gasteiger partial charge in [0.05, 0.1) is 16.9 Å². The van der Waals surface area contributed by atoms with Crippen molar-refractivity contribution < 1.29 is 21.1 Å². The van der Waals surface area contributed by atoms with Crippen molar-refractivity contribution in [3.05, 3.63) is 134 Å². The zero-order valence-corrected chi connectivity index (χ0v) is 24.9. The normalized spacial score (nSPS) is 11.3.